The smallest absolute Gasteiger partial charge is 0.421 e. The van der Waals surface area contributed by atoms with Crippen LogP contribution >= 0.6 is 11.3 Å². The molecule has 4 N–H and O–H groups in total. The van der Waals surface area contributed by atoms with E-state index in [2.05, 4.69) is 16.4 Å². The van der Waals surface area contributed by atoms with E-state index in [1.54, 1.807) is 0 Å². The Kier molecular flexibility index (Phi) is 6.28. The van der Waals surface area contributed by atoms with Gasteiger partial charge in [0.1, 0.15) is 0 Å². The van der Waals surface area contributed by atoms with Gasteiger partial charge >= 0.3 is 6.09 Å². The maximum Gasteiger partial charge on any atom is 0.421 e. The first-order valence-electron chi connectivity index (χ1n) is 7.49. The van der Waals surface area contributed by atoms with Crippen LogP contribution in [0.5, 0.6) is 0 Å². The average molecular weight is 348 g/mol. The summed E-state index contributed by atoms with van der Waals surface area (Å²) in [7, 11) is 0. The number of benzene rings is 1. The molecular weight excluding hydrogens is 328 g/mol. The number of nitrogens with zero attached hydrogens (tertiary/aromatic N) is 2. The molecule has 2 rings (SSSR count). The monoisotopic (exact) mass is 348 g/mol. The highest BCUT2D eigenvalue weighted by Gasteiger charge is 2.07. The number of carboxylic acid groups (broad SMARTS) is 1. The highest BCUT2D eigenvalue weighted by Crippen LogP contribution is 2.17. The zero-order valence-corrected chi connectivity index (χ0v) is 14.2. The molecule has 0 saturated heterocycles. The molecule has 0 bridgehead atoms. The Morgan fingerprint density at radius 3 is 2.67 bits per heavy atom. The van der Waals surface area contributed by atoms with E-state index in [1.807, 2.05) is 23.6 Å². The minimum atomic E-state index is -1.13. The molecule has 0 aliphatic heterocycles. The second-order valence-electron chi connectivity index (χ2n) is 5.37. The summed E-state index contributed by atoms with van der Waals surface area (Å²) in [5, 5.41) is 14.8. The van der Waals surface area contributed by atoms with Crippen molar-refractivity contribution in [2.24, 2.45) is 5.84 Å². The molecule has 2 aromatic rings. The molecule has 2 amide bonds. The van der Waals surface area contributed by atoms with Gasteiger partial charge in [0.2, 0.25) is 5.91 Å². The number of carbonyl (C=O) groups is 2. The number of nitrogens with two attached hydrogens (primary N) is 1. The van der Waals surface area contributed by atoms with Crippen LogP contribution in [0.15, 0.2) is 29.6 Å². The summed E-state index contributed by atoms with van der Waals surface area (Å²) in [6.45, 7) is 1.71. The van der Waals surface area contributed by atoms with Gasteiger partial charge in [0.25, 0.3) is 0 Å². The fraction of sp³-hybridized carbons (Fsp3) is 0.312. The molecule has 8 heteroatoms. The standard InChI is InChI=1S/C16H20N4O3S/c1-11(21)18-15-19-14(10-24-15)6-5-12-3-2-4-13(9-12)7-8-20(17)16(22)23/h2-4,9-10H,5-8,17H2,1H3,(H,22,23)(H,18,19,21). The normalized spacial score (nSPS) is 10.4. The number of anilines is 1. The zero-order chi connectivity index (χ0) is 17.5. The molecule has 128 valence electrons. The Labute approximate surface area is 144 Å². The summed E-state index contributed by atoms with van der Waals surface area (Å²) in [5.41, 5.74) is 3.13. The van der Waals surface area contributed by atoms with Crippen molar-refractivity contribution in [3.05, 3.63) is 46.5 Å². The lowest BCUT2D eigenvalue weighted by Crippen LogP contribution is -2.37. The van der Waals surface area contributed by atoms with Crippen molar-refractivity contribution in [1.82, 2.24) is 9.99 Å². The number of amides is 2. The van der Waals surface area contributed by atoms with Gasteiger partial charge in [-0.3, -0.25) is 4.79 Å². The van der Waals surface area contributed by atoms with Crippen LogP contribution in [0.4, 0.5) is 9.93 Å². The van der Waals surface area contributed by atoms with E-state index in [0.717, 1.165) is 34.7 Å². The number of aryl methyl sites for hydroxylation is 2. The van der Waals surface area contributed by atoms with Gasteiger partial charge in [-0.1, -0.05) is 24.3 Å². The Hall–Kier alpha value is -2.45. The number of rotatable bonds is 7. The summed E-state index contributed by atoms with van der Waals surface area (Å²) in [4.78, 5) is 26.0. The van der Waals surface area contributed by atoms with E-state index < -0.39 is 6.09 Å². The van der Waals surface area contributed by atoms with E-state index in [9.17, 15) is 9.59 Å². The highest BCUT2D eigenvalue weighted by atomic mass is 32.1. The van der Waals surface area contributed by atoms with Gasteiger partial charge in [0.15, 0.2) is 5.13 Å². The number of carbonyl (C=O) groups excluding carboxylic acids is 1. The lowest BCUT2D eigenvalue weighted by Gasteiger charge is -2.12. The molecule has 0 aliphatic rings. The lowest BCUT2D eigenvalue weighted by atomic mass is 10.0. The Balaban J connectivity index is 1.88. The van der Waals surface area contributed by atoms with Crippen LogP contribution in [0.3, 0.4) is 0 Å². The van der Waals surface area contributed by atoms with Crippen LogP contribution in [-0.2, 0) is 24.1 Å². The first kappa shape index (κ1) is 17.9. The zero-order valence-electron chi connectivity index (χ0n) is 13.4. The average Bonchev–Trinajstić information content (AvgIpc) is 2.97. The van der Waals surface area contributed by atoms with Gasteiger partial charge in [-0.2, -0.15) is 0 Å². The van der Waals surface area contributed by atoms with E-state index in [4.69, 9.17) is 10.9 Å². The minimum absolute atomic E-state index is 0.126. The molecule has 0 unspecified atom stereocenters. The molecule has 7 nitrogen and oxygen atoms in total. The van der Waals surface area contributed by atoms with Gasteiger partial charge in [-0.05, 0) is 30.4 Å². The summed E-state index contributed by atoms with van der Waals surface area (Å²) in [6, 6.07) is 7.99. The van der Waals surface area contributed by atoms with Crippen molar-refractivity contribution >= 4 is 28.5 Å². The number of thiazole rings is 1. The van der Waals surface area contributed by atoms with Crippen molar-refractivity contribution < 1.29 is 14.7 Å². The molecule has 0 aliphatic carbocycles. The van der Waals surface area contributed by atoms with E-state index in [0.29, 0.717) is 11.6 Å². The van der Waals surface area contributed by atoms with Crippen molar-refractivity contribution in [1.29, 1.82) is 0 Å². The molecule has 1 aromatic carbocycles. The van der Waals surface area contributed by atoms with Crippen LogP contribution in [0.1, 0.15) is 23.7 Å². The summed E-state index contributed by atoms with van der Waals surface area (Å²) in [6.07, 6.45) is 1.03. The van der Waals surface area contributed by atoms with Gasteiger partial charge < -0.3 is 10.4 Å². The number of hydrogen-bond acceptors (Lipinski definition) is 5. The molecule has 24 heavy (non-hydrogen) atoms. The van der Waals surface area contributed by atoms with Crippen LogP contribution < -0.4 is 11.2 Å². The third-order valence-corrected chi connectivity index (χ3v) is 4.19. The van der Waals surface area contributed by atoms with Gasteiger partial charge in [0, 0.05) is 18.8 Å². The highest BCUT2D eigenvalue weighted by molar-refractivity contribution is 7.13. The van der Waals surface area contributed by atoms with Crippen LogP contribution in [0.2, 0.25) is 0 Å². The first-order chi connectivity index (χ1) is 11.4. The predicted molar refractivity (Wildman–Crippen MR) is 92.9 cm³/mol. The topological polar surface area (TPSA) is 109 Å². The minimum Gasteiger partial charge on any atom is -0.464 e. The van der Waals surface area contributed by atoms with E-state index in [1.165, 1.54) is 18.3 Å². The van der Waals surface area contributed by atoms with Crippen molar-refractivity contribution in [3.63, 3.8) is 0 Å². The van der Waals surface area contributed by atoms with E-state index >= 15 is 0 Å². The molecule has 0 saturated carbocycles. The van der Waals surface area contributed by atoms with Crippen LogP contribution in [-0.4, -0.2) is 33.6 Å². The second kappa shape index (κ2) is 8.42. The SMILES string of the molecule is CC(=O)Nc1nc(CCc2cccc(CCN(N)C(=O)O)c2)cs1. The van der Waals surface area contributed by atoms with Crippen LogP contribution in [0, 0.1) is 0 Å². The van der Waals surface area contributed by atoms with Gasteiger partial charge in [0.05, 0.1) is 5.69 Å². The number of hydrogen-bond donors (Lipinski definition) is 3. The fourth-order valence-corrected chi connectivity index (χ4v) is 2.98. The maximum absolute atomic E-state index is 11.0. The quantitative estimate of drug-likeness (QED) is 0.404. The summed E-state index contributed by atoms with van der Waals surface area (Å²) < 4.78 is 0. The summed E-state index contributed by atoms with van der Waals surface area (Å²) >= 11 is 1.41. The van der Waals surface area contributed by atoms with Gasteiger partial charge in [-0.25, -0.2) is 20.6 Å². The molecule has 1 heterocycles. The lowest BCUT2D eigenvalue weighted by molar-refractivity contribution is -0.114. The molecule has 0 fully saturated rings. The largest absolute Gasteiger partial charge is 0.464 e. The Morgan fingerprint density at radius 2 is 2.00 bits per heavy atom. The third-order valence-electron chi connectivity index (χ3n) is 3.38. The second-order valence-corrected chi connectivity index (χ2v) is 6.23. The van der Waals surface area contributed by atoms with Crippen molar-refractivity contribution in [2.75, 3.05) is 11.9 Å². The third kappa shape index (κ3) is 5.64. The number of nitrogens with one attached hydrogen (secondary N) is 1. The molecule has 0 radical (unpaired) electrons. The Morgan fingerprint density at radius 1 is 1.29 bits per heavy atom. The van der Waals surface area contributed by atoms with Crippen LogP contribution in [0.25, 0.3) is 0 Å². The predicted octanol–water partition coefficient (Wildman–Crippen LogP) is 2.28. The molecule has 0 spiro atoms. The maximum atomic E-state index is 11.0. The molecule has 0 atom stereocenters. The number of hydrazine groups is 1. The van der Waals surface area contributed by atoms with E-state index in [-0.39, 0.29) is 12.5 Å². The first-order valence-corrected chi connectivity index (χ1v) is 8.37. The fourth-order valence-electron chi connectivity index (χ4n) is 2.19. The van der Waals surface area contributed by atoms with Crippen molar-refractivity contribution in [2.45, 2.75) is 26.2 Å². The molecule has 1 aromatic heterocycles. The molecular formula is C16H20N4O3S. The van der Waals surface area contributed by atoms with Crippen molar-refractivity contribution in [3.8, 4) is 0 Å². The Bertz CT molecular complexity index is 717. The summed E-state index contributed by atoms with van der Waals surface area (Å²) in [5.74, 6) is 5.24. The number of aromatic nitrogens is 1. The van der Waals surface area contributed by atoms with Gasteiger partial charge in [-0.15, -0.1) is 11.3 Å².